The zero-order valence-electron chi connectivity index (χ0n) is 9.94. The summed E-state index contributed by atoms with van der Waals surface area (Å²) in [7, 11) is 0. The minimum absolute atomic E-state index is 0.622. The number of amidine groups is 1. The van der Waals surface area contributed by atoms with Gasteiger partial charge in [0.15, 0.2) is 5.17 Å². The first kappa shape index (κ1) is 13.0. The molecule has 2 heterocycles. The van der Waals surface area contributed by atoms with Crippen LogP contribution in [0.4, 0.5) is 0 Å². The quantitative estimate of drug-likeness (QED) is 0.856. The van der Waals surface area contributed by atoms with Crippen molar-refractivity contribution >= 4 is 40.5 Å². The molecule has 2 nitrogen and oxygen atoms in total. The first-order valence-corrected chi connectivity index (χ1v) is 9.07. The van der Waals surface area contributed by atoms with Gasteiger partial charge >= 0.3 is 0 Å². The molecule has 2 atom stereocenters. The van der Waals surface area contributed by atoms with E-state index in [1.165, 1.54) is 28.2 Å². The maximum Gasteiger partial charge on any atom is 0.156 e. The van der Waals surface area contributed by atoms with Gasteiger partial charge in [-0.25, -0.2) is 0 Å². The highest BCUT2D eigenvalue weighted by molar-refractivity contribution is 8.14. The van der Waals surface area contributed by atoms with Crippen LogP contribution >= 0.6 is 35.3 Å². The monoisotopic (exact) mass is 276 g/mol. The lowest BCUT2D eigenvalue weighted by Gasteiger charge is -2.19. The molecule has 92 valence electrons. The Labute approximate surface area is 111 Å². The van der Waals surface area contributed by atoms with Crippen molar-refractivity contribution in [2.75, 3.05) is 29.6 Å². The fourth-order valence-electron chi connectivity index (χ4n) is 1.69. The molecular weight excluding hydrogens is 256 g/mol. The van der Waals surface area contributed by atoms with Crippen LogP contribution in [0, 0.1) is 5.92 Å². The first-order valence-electron chi connectivity index (χ1n) is 5.89. The summed E-state index contributed by atoms with van der Waals surface area (Å²) in [5, 5.41) is 5.45. The van der Waals surface area contributed by atoms with E-state index in [9.17, 15) is 0 Å². The third-order valence-corrected chi connectivity index (χ3v) is 6.71. The number of aliphatic imine (C=N–C) groups is 1. The zero-order chi connectivity index (χ0) is 11.4. The second-order valence-electron chi connectivity index (χ2n) is 4.52. The molecule has 0 aromatic rings. The smallest absolute Gasteiger partial charge is 0.156 e. The number of hydrogen-bond donors (Lipinski definition) is 1. The van der Waals surface area contributed by atoms with Crippen molar-refractivity contribution in [1.29, 1.82) is 0 Å². The highest BCUT2D eigenvalue weighted by Crippen LogP contribution is 2.25. The molecule has 0 amide bonds. The topological polar surface area (TPSA) is 24.4 Å². The Kier molecular flexibility index (Phi) is 5.23. The standard InChI is InChI=1S/C11H20N2S3/c1-8(2)10-7-16-11(13-10)12-5-9-6-14-3-4-15-9/h8-10H,3-7H2,1-2H3,(H,12,13)/t9?,10-/m1/s1. The van der Waals surface area contributed by atoms with Gasteiger partial charge in [0.1, 0.15) is 0 Å². The Morgan fingerprint density at radius 2 is 2.25 bits per heavy atom. The summed E-state index contributed by atoms with van der Waals surface area (Å²) in [5.41, 5.74) is 0. The van der Waals surface area contributed by atoms with Crippen molar-refractivity contribution in [1.82, 2.24) is 5.32 Å². The maximum atomic E-state index is 4.71. The van der Waals surface area contributed by atoms with Gasteiger partial charge in [-0.1, -0.05) is 25.6 Å². The molecule has 0 bridgehead atoms. The Morgan fingerprint density at radius 3 is 2.88 bits per heavy atom. The lowest BCUT2D eigenvalue weighted by molar-refractivity contribution is 0.503. The van der Waals surface area contributed by atoms with Gasteiger partial charge in [0.25, 0.3) is 0 Å². The van der Waals surface area contributed by atoms with Crippen LogP contribution in [0.1, 0.15) is 13.8 Å². The van der Waals surface area contributed by atoms with Crippen LogP contribution < -0.4 is 5.32 Å². The van der Waals surface area contributed by atoms with Crippen LogP contribution in [-0.2, 0) is 0 Å². The Bertz CT molecular complexity index is 250. The van der Waals surface area contributed by atoms with Gasteiger partial charge in [-0.15, -0.1) is 0 Å². The SMILES string of the molecule is CC(C)[C@H]1CSC(=NCC2CSCCS2)N1. The summed E-state index contributed by atoms with van der Waals surface area (Å²) < 4.78 is 0. The molecule has 2 aliphatic rings. The molecule has 2 rings (SSSR count). The minimum atomic E-state index is 0.622. The second kappa shape index (κ2) is 6.45. The molecule has 0 aromatic carbocycles. The van der Waals surface area contributed by atoms with Crippen LogP contribution in [0.15, 0.2) is 4.99 Å². The molecule has 1 unspecified atom stereocenters. The summed E-state index contributed by atoms with van der Waals surface area (Å²) in [6, 6.07) is 0.622. The van der Waals surface area contributed by atoms with Gasteiger partial charge in [-0.3, -0.25) is 4.99 Å². The Balaban J connectivity index is 1.75. The van der Waals surface area contributed by atoms with Gasteiger partial charge in [-0.05, 0) is 5.92 Å². The largest absolute Gasteiger partial charge is 0.361 e. The third kappa shape index (κ3) is 3.77. The average Bonchev–Trinajstić information content (AvgIpc) is 2.76. The highest BCUT2D eigenvalue weighted by atomic mass is 32.2. The van der Waals surface area contributed by atoms with Gasteiger partial charge in [-0.2, -0.15) is 23.5 Å². The molecule has 2 fully saturated rings. The van der Waals surface area contributed by atoms with Crippen LogP contribution in [0.3, 0.4) is 0 Å². The average molecular weight is 276 g/mol. The van der Waals surface area contributed by atoms with E-state index in [1.807, 2.05) is 11.8 Å². The van der Waals surface area contributed by atoms with Gasteiger partial charge in [0.2, 0.25) is 0 Å². The van der Waals surface area contributed by atoms with Crippen molar-refractivity contribution in [3.05, 3.63) is 0 Å². The number of hydrogen-bond acceptors (Lipinski definition) is 4. The van der Waals surface area contributed by atoms with E-state index in [-0.39, 0.29) is 0 Å². The molecule has 16 heavy (non-hydrogen) atoms. The van der Waals surface area contributed by atoms with Crippen LogP contribution in [-0.4, -0.2) is 46.0 Å². The Morgan fingerprint density at radius 1 is 1.38 bits per heavy atom. The number of rotatable bonds is 3. The maximum absolute atomic E-state index is 4.71. The van der Waals surface area contributed by atoms with E-state index >= 15 is 0 Å². The number of thioether (sulfide) groups is 3. The van der Waals surface area contributed by atoms with Crippen molar-refractivity contribution in [2.45, 2.75) is 25.1 Å². The molecule has 0 radical (unpaired) electrons. The van der Waals surface area contributed by atoms with Gasteiger partial charge in [0, 0.05) is 34.3 Å². The van der Waals surface area contributed by atoms with Crippen molar-refractivity contribution in [3.63, 3.8) is 0 Å². The molecule has 2 saturated heterocycles. The lowest BCUT2D eigenvalue weighted by atomic mass is 10.1. The van der Waals surface area contributed by atoms with Crippen molar-refractivity contribution in [2.24, 2.45) is 10.9 Å². The predicted octanol–water partition coefficient (Wildman–Crippen LogP) is 2.55. The van der Waals surface area contributed by atoms with Crippen LogP contribution in [0.5, 0.6) is 0 Å². The molecule has 0 aromatic heterocycles. The predicted molar refractivity (Wildman–Crippen MR) is 80.1 cm³/mol. The third-order valence-electron chi connectivity index (χ3n) is 2.84. The van der Waals surface area contributed by atoms with E-state index in [4.69, 9.17) is 4.99 Å². The highest BCUT2D eigenvalue weighted by Gasteiger charge is 2.23. The Hall–Kier alpha value is 0.520. The molecule has 0 aliphatic carbocycles. The number of nitrogens with one attached hydrogen (secondary N) is 1. The van der Waals surface area contributed by atoms with E-state index in [2.05, 4.69) is 42.7 Å². The zero-order valence-corrected chi connectivity index (χ0v) is 12.4. The molecular formula is C11H20N2S3. The van der Waals surface area contributed by atoms with E-state index in [0.717, 1.165) is 11.8 Å². The number of nitrogens with zero attached hydrogens (tertiary/aromatic N) is 1. The van der Waals surface area contributed by atoms with Crippen molar-refractivity contribution in [3.8, 4) is 0 Å². The first-order chi connectivity index (χ1) is 7.75. The summed E-state index contributed by atoms with van der Waals surface area (Å²) in [5.74, 6) is 5.79. The molecule has 2 aliphatic heterocycles. The summed E-state index contributed by atoms with van der Waals surface area (Å²) in [4.78, 5) is 4.71. The molecule has 0 spiro atoms. The van der Waals surface area contributed by atoms with E-state index < -0.39 is 0 Å². The van der Waals surface area contributed by atoms with E-state index in [0.29, 0.717) is 12.0 Å². The van der Waals surface area contributed by atoms with Gasteiger partial charge in [0.05, 0.1) is 6.54 Å². The van der Waals surface area contributed by atoms with E-state index in [1.54, 1.807) is 0 Å². The van der Waals surface area contributed by atoms with Crippen LogP contribution in [0.2, 0.25) is 0 Å². The second-order valence-corrected chi connectivity index (χ2v) is 8.09. The summed E-state index contributed by atoms with van der Waals surface area (Å²) >= 11 is 6.05. The minimum Gasteiger partial charge on any atom is -0.361 e. The van der Waals surface area contributed by atoms with Crippen LogP contribution in [0.25, 0.3) is 0 Å². The summed E-state index contributed by atoms with van der Waals surface area (Å²) in [6.07, 6.45) is 0. The molecule has 0 saturated carbocycles. The lowest BCUT2D eigenvalue weighted by Crippen LogP contribution is -2.32. The normalized spacial score (nSPS) is 33.3. The molecule has 1 N–H and O–H groups in total. The molecule has 5 heteroatoms. The summed E-state index contributed by atoms with van der Waals surface area (Å²) in [6.45, 7) is 5.54. The fourth-order valence-corrected chi connectivity index (χ4v) is 5.47. The van der Waals surface area contributed by atoms with Crippen molar-refractivity contribution < 1.29 is 0 Å². The fraction of sp³-hybridized carbons (Fsp3) is 0.909. The van der Waals surface area contributed by atoms with Gasteiger partial charge < -0.3 is 5.32 Å².